The maximum absolute atomic E-state index is 11.4. The quantitative estimate of drug-likeness (QED) is 0.626. The van der Waals surface area contributed by atoms with Gasteiger partial charge in [0.05, 0.1) is 10.9 Å². The number of halogens is 1. The van der Waals surface area contributed by atoms with Gasteiger partial charge in [0, 0.05) is 7.05 Å². The van der Waals surface area contributed by atoms with Crippen LogP contribution < -0.4 is 10.0 Å². The van der Waals surface area contributed by atoms with Crippen molar-refractivity contribution >= 4 is 32.7 Å². The van der Waals surface area contributed by atoms with E-state index in [-0.39, 0.29) is 5.91 Å². The zero-order chi connectivity index (χ0) is 11.7. The van der Waals surface area contributed by atoms with Gasteiger partial charge in [0.1, 0.15) is 10.2 Å². The Morgan fingerprint density at radius 1 is 1.50 bits per heavy atom. The number of amides is 1. The van der Waals surface area contributed by atoms with E-state index >= 15 is 0 Å². The van der Waals surface area contributed by atoms with Crippen LogP contribution in [0.15, 0.2) is 29.0 Å². The third kappa shape index (κ3) is 1.83. The van der Waals surface area contributed by atoms with Crippen LogP contribution in [-0.4, -0.2) is 17.9 Å². The lowest BCUT2D eigenvalue weighted by molar-refractivity contribution is -0.604. The lowest BCUT2D eigenvalue weighted by atomic mass is 10.2. The predicted molar refractivity (Wildman–Crippen MR) is 61.8 cm³/mol. The van der Waals surface area contributed by atoms with Crippen molar-refractivity contribution in [2.75, 3.05) is 7.05 Å². The number of hydrogen-bond donors (Lipinski definition) is 1. The lowest BCUT2D eigenvalue weighted by Gasteiger charge is -2.03. The van der Waals surface area contributed by atoms with Gasteiger partial charge in [-0.3, -0.25) is 4.79 Å². The first-order chi connectivity index (χ1) is 7.61. The van der Waals surface area contributed by atoms with Crippen LogP contribution in [0.3, 0.4) is 0 Å². The first kappa shape index (κ1) is 10.8. The normalized spacial score (nSPS) is 10.4. The van der Waals surface area contributed by atoms with Crippen molar-refractivity contribution in [3.8, 4) is 0 Å². The van der Waals surface area contributed by atoms with Crippen molar-refractivity contribution in [3.63, 3.8) is 0 Å². The summed E-state index contributed by atoms with van der Waals surface area (Å²) in [5, 5.41) is 14.3. The van der Waals surface area contributed by atoms with Crippen LogP contribution in [0.5, 0.6) is 0 Å². The second-order valence-electron chi connectivity index (χ2n) is 3.18. The van der Waals surface area contributed by atoms with E-state index in [9.17, 15) is 10.0 Å². The van der Waals surface area contributed by atoms with Crippen molar-refractivity contribution in [1.82, 2.24) is 10.3 Å². The molecule has 0 bridgehead atoms. The number of carbonyl (C=O) groups is 1. The Labute approximate surface area is 99.8 Å². The van der Waals surface area contributed by atoms with E-state index in [1.807, 2.05) is 0 Å². The maximum Gasteiger partial charge on any atom is 0.269 e. The van der Waals surface area contributed by atoms with Crippen molar-refractivity contribution in [1.29, 1.82) is 0 Å². The summed E-state index contributed by atoms with van der Waals surface area (Å²) in [6, 6.07) is 3.26. The molecule has 2 aromatic heterocycles. The average Bonchev–Trinajstić information content (AvgIpc) is 2.27. The largest absolute Gasteiger partial charge is 0.619 e. The van der Waals surface area contributed by atoms with Crippen LogP contribution in [-0.2, 0) is 0 Å². The molecule has 0 fully saturated rings. The van der Waals surface area contributed by atoms with Crippen LogP contribution >= 0.6 is 15.9 Å². The van der Waals surface area contributed by atoms with E-state index in [4.69, 9.17) is 0 Å². The van der Waals surface area contributed by atoms with Crippen LogP contribution in [0.4, 0.5) is 0 Å². The number of hydrogen-bond acceptors (Lipinski definition) is 3. The van der Waals surface area contributed by atoms with E-state index in [0.29, 0.717) is 25.8 Å². The first-order valence-electron chi connectivity index (χ1n) is 4.53. The molecule has 2 heterocycles. The fourth-order valence-electron chi connectivity index (χ4n) is 1.37. The van der Waals surface area contributed by atoms with Crippen molar-refractivity contribution < 1.29 is 9.52 Å². The number of nitrogens with zero attached hydrogens (tertiary/aromatic N) is 2. The molecule has 5 nitrogen and oxygen atoms in total. The number of nitrogens with one attached hydrogen (secondary N) is 1. The molecule has 1 amide bonds. The molecule has 0 spiro atoms. The summed E-state index contributed by atoms with van der Waals surface area (Å²) in [7, 11) is 1.54. The fourth-order valence-corrected chi connectivity index (χ4v) is 1.89. The van der Waals surface area contributed by atoms with Gasteiger partial charge >= 0.3 is 0 Å². The summed E-state index contributed by atoms with van der Waals surface area (Å²) < 4.78 is 1.25. The van der Waals surface area contributed by atoms with E-state index in [1.165, 1.54) is 12.4 Å². The molecular formula is C10H8BrN3O2. The standard InChI is InChI=1S/C10H8BrN3O2/c1-12-10(15)8-3-2-6-4-14(16)5-7(11)9(6)13-8/h2-5H,1H3,(H,12,15). The van der Waals surface area contributed by atoms with Crippen LogP contribution in [0.1, 0.15) is 10.5 Å². The summed E-state index contributed by atoms with van der Waals surface area (Å²) in [6.07, 6.45) is 2.75. The minimum atomic E-state index is -0.257. The number of carbonyl (C=O) groups excluding carboxylic acids is 1. The van der Waals surface area contributed by atoms with Gasteiger partial charge in [0.25, 0.3) is 5.91 Å². The summed E-state index contributed by atoms with van der Waals surface area (Å²) in [5.41, 5.74) is 0.910. The first-order valence-corrected chi connectivity index (χ1v) is 5.32. The Hall–Kier alpha value is -1.69. The zero-order valence-corrected chi connectivity index (χ0v) is 9.98. The zero-order valence-electron chi connectivity index (χ0n) is 8.40. The minimum absolute atomic E-state index is 0.257. The molecule has 16 heavy (non-hydrogen) atoms. The molecule has 0 aliphatic carbocycles. The molecule has 0 saturated carbocycles. The van der Waals surface area contributed by atoms with Crippen LogP contribution in [0.2, 0.25) is 0 Å². The van der Waals surface area contributed by atoms with Gasteiger partial charge in [0.15, 0.2) is 12.4 Å². The van der Waals surface area contributed by atoms with Crippen molar-refractivity contribution in [2.45, 2.75) is 0 Å². The minimum Gasteiger partial charge on any atom is -0.619 e. The molecule has 0 unspecified atom stereocenters. The third-order valence-corrected chi connectivity index (χ3v) is 2.70. The molecule has 82 valence electrons. The SMILES string of the molecule is CNC(=O)c1ccc2c[n+]([O-])cc(Br)c2n1. The van der Waals surface area contributed by atoms with Gasteiger partial charge in [-0.1, -0.05) is 0 Å². The summed E-state index contributed by atoms with van der Waals surface area (Å²) in [6.45, 7) is 0. The van der Waals surface area contributed by atoms with Gasteiger partial charge in [-0.25, -0.2) is 4.98 Å². The maximum atomic E-state index is 11.4. The predicted octanol–water partition coefficient (Wildman–Crippen LogP) is 0.990. The van der Waals surface area contributed by atoms with E-state index in [0.717, 1.165) is 0 Å². The molecule has 1 N–H and O–H groups in total. The number of rotatable bonds is 1. The number of aromatic nitrogens is 2. The van der Waals surface area contributed by atoms with Crippen molar-refractivity contribution in [2.24, 2.45) is 0 Å². The molecule has 0 aromatic carbocycles. The Morgan fingerprint density at radius 3 is 2.94 bits per heavy atom. The molecular weight excluding hydrogens is 274 g/mol. The highest BCUT2D eigenvalue weighted by molar-refractivity contribution is 9.10. The number of fused-ring (bicyclic) bond motifs is 1. The summed E-state index contributed by atoms with van der Waals surface area (Å²) in [4.78, 5) is 15.6. The Morgan fingerprint density at radius 2 is 2.25 bits per heavy atom. The smallest absolute Gasteiger partial charge is 0.269 e. The monoisotopic (exact) mass is 281 g/mol. The topological polar surface area (TPSA) is 68.9 Å². The Balaban J connectivity index is 2.66. The molecule has 0 aliphatic rings. The van der Waals surface area contributed by atoms with Gasteiger partial charge < -0.3 is 10.5 Å². The highest BCUT2D eigenvalue weighted by atomic mass is 79.9. The molecule has 0 saturated heterocycles. The van der Waals surface area contributed by atoms with Gasteiger partial charge in [-0.2, -0.15) is 4.73 Å². The Bertz CT molecular complexity index is 571. The lowest BCUT2D eigenvalue weighted by Crippen LogP contribution is -2.25. The van der Waals surface area contributed by atoms with Gasteiger partial charge in [0.2, 0.25) is 0 Å². The van der Waals surface area contributed by atoms with Crippen molar-refractivity contribution in [3.05, 3.63) is 39.9 Å². The van der Waals surface area contributed by atoms with E-state index in [1.54, 1.807) is 19.2 Å². The molecule has 2 rings (SSSR count). The second kappa shape index (κ2) is 4.05. The number of pyridine rings is 2. The molecule has 6 heteroatoms. The van der Waals surface area contributed by atoms with E-state index in [2.05, 4.69) is 26.2 Å². The summed E-state index contributed by atoms with van der Waals surface area (Å²) in [5.74, 6) is -0.257. The Kier molecular flexibility index (Phi) is 2.74. The molecule has 0 aliphatic heterocycles. The second-order valence-corrected chi connectivity index (χ2v) is 4.03. The van der Waals surface area contributed by atoms with E-state index < -0.39 is 0 Å². The average molecular weight is 282 g/mol. The molecule has 0 radical (unpaired) electrons. The van der Waals surface area contributed by atoms with Gasteiger partial charge in [-0.15, -0.1) is 0 Å². The van der Waals surface area contributed by atoms with Crippen LogP contribution in [0.25, 0.3) is 10.9 Å². The van der Waals surface area contributed by atoms with Crippen LogP contribution in [0, 0.1) is 5.21 Å². The fraction of sp³-hybridized carbons (Fsp3) is 0.100. The third-order valence-electron chi connectivity index (χ3n) is 2.12. The molecule has 0 atom stereocenters. The molecule has 2 aromatic rings. The van der Waals surface area contributed by atoms with Gasteiger partial charge in [-0.05, 0) is 28.1 Å². The highest BCUT2D eigenvalue weighted by Crippen LogP contribution is 2.19. The summed E-state index contributed by atoms with van der Waals surface area (Å²) >= 11 is 3.24. The highest BCUT2D eigenvalue weighted by Gasteiger charge is 2.10.